The first-order valence-corrected chi connectivity index (χ1v) is 11.8. The molecular formula is C28H3F19. The predicted molar refractivity (Wildman–Crippen MR) is 122 cm³/mol. The van der Waals surface area contributed by atoms with Gasteiger partial charge in [-0.25, -0.2) is 57.1 Å². The monoisotopic (exact) mass is 700 g/mol. The highest BCUT2D eigenvalue weighted by molar-refractivity contribution is 6.22. The van der Waals surface area contributed by atoms with Crippen molar-refractivity contribution in [2.75, 3.05) is 0 Å². The van der Waals surface area contributed by atoms with E-state index in [4.69, 9.17) is 0 Å². The van der Waals surface area contributed by atoms with Gasteiger partial charge < -0.3 is 0 Å². The fourth-order valence-electron chi connectivity index (χ4n) is 5.06. The first-order chi connectivity index (χ1) is 21.6. The molecule has 0 unspecified atom stereocenters. The van der Waals surface area contributed by atoms with Gasteiger partial charge in [0, 0.05) is 27.3 Å². The lowest BCUT2D eigenvalue weighted by Gasteiger charge is -2.22. The van der Waals surface area contributed by atoms with Crippen LogP contribution in [0.4, 0.5) is 83.4 Å². The van der Waals surface area contributed by atoms with E-state index in [1.807, 2.05) is 0 Å². The Kier molecular flexibility index (Phi) is 7.63. The van der Waals surface area contributed by atoms with Crippen molar-refractivity contribution < 1.29 is 83.4 Å². The summed E-state index contributed by atoms with van der Waals surface area (Å²) >= 11 is 0. The summed E-state index contributed by atoms with van der Waals surface area (Å²) in [5, 5.41) is -8.09. The smallest absolute Gasteiger partial charge is 0.206 e. The van der Waals surface area contributed by atoms with Gasteiger partial charge in [0.05, 0.1) is 11.1 Å². The molecule has 0 aliphatic carbocycles. The molecule has 0 spiro atoms. The van der Waals surface area contributed by atoms with Gasteiger partial charge >= 0.3 is 12.4 Å². The van der Waals surface area contributed by atoms with Crippen molar-refractivity contribution in [3.63, 3.8) is 0 Å². The van der Waals surface area contributed by atoms with Gasteiger partial charge in [0.25, 0.3) is 0 Å². The second-order valence-corrected chi connectivity index (χ2v) is 9.43. The summed E-state index contributed by atoms with van der Waals surface area (Å²) in [6.07, 6.45) is -12.4. The second kappa shape index (κ2) is 10.7. The molecule has 0 saturated heterocycles. The molecule has 0 bridgehead atoms. The van der Waals surface area contributed by atoms with E-state index in [1.54, 1.807) is 0 Å². The molecule has 0 atom stereocenters. The first kappa shape index (κ1) is 33.6. The van der Waals surface area contributed by atoms with Crippen LogP contribution in [0, 0.1) is 75.6 Å². The Labute approximate surface area is 245 Å². The van der Waals surface area contributed by atoms with Crippen molar-refractivity contribution in [2.45, 2.75) is 12.4 Å². The molecule has 0 fully saturated rings. The number of benzene rings is 5. The third-order valence-corrected chi connectivity index (χ3v) is 6.89. The molecule has 0 heterocycles. The van der Waals surface area contributed by atoms with Crippen LogP contribution >= 0.6 is 0 Å². The van der Waals surface area contributed by atoms with Crippen molar-refractivity contribution in [1.29, 1.82) is 0 Å². The Morgan fingerprint density at radius 3 is 1.02 bits per heavy atom. The van der Waals surface area contributed by atoms with Crippen LogP contribution in [-0.2, 0) is 12.4 Å². The molecule has 5 aromatic rings. The molecule has 5 rings (SSSR count). The van der Waals surface area contributed by atoms with E-state index in [-0.39, 0.29) is 12.1 Å². The maximum absolute atomic E-state index is 15.5. The summed E-state index contributed by atoms with van der Waals surface area (Å²) in [5.74, 6) is -39.6. The van der Waals surface area contributed by atoms with Crippen LogP contribution in [0.15, 0.2) is 18.2 Å². The number of halogens is 19. The molecular weight excluding hydrogens is 697 g/mol. The van der Waals surface area contributed by atoms with Crippen LogP contribution in [0.5, 0.6) is 0 Å². The largest absolute Gasteiger partial charge is 0.422 e. The summed E-state index contributed by atoms with van der Waals surface area (Å²) < 4.78 is 274. The predicted octanol–water partition coefficient (Wildman–Crippen LogP) is 11.2. The summed E-state index contributed by atoms with van der Waals surface area (Å²) in [4.78, 5) is 0. The van der Waals surface area contributed by atoms with E-state index in [9.17, 15) is 52.7 Å². The van der Waals surface area contributed by atoms with E-state index in [2.05, 4.69) is 0 Å². The minimum Gasteiger partial charge on any atom is -0.206 e. The quantitative estimate of drug-likeness (QED) is 0.0745. The summed E-state index contributed by atoms with van der Waals surface area (Å²) in [5.41, 5.74) is -15.8. The van der Waals surface area contributed by atoms with Gasteiger partial charge in [-0.2, -0.15) is 26.3 Å². The van der Waals surface area contributed by atoms with Crippen LogP contribution in [0.2, 0.25) is 0 Å². The lowest BCUT2D eigenvalue weighted by atomic mass is 9.83. The third kappa shape index (κ3) is 4.63. The molecule has 19 heteroatoms. The third-order valence-electron chi connectivity index (χ3n) is 6.89. The highest BCUT2D eigenvalue weighted by Crippen LogP contribution is 2.52. The topological polar surface area (TPSA) is 0 Å². The van der Waals surface area contributed by atoms with E-state index in [0.717, 1.165) is 0 Å². The molecule has 0 N–H and O–H groups in total. The zero-order valence-electron chi connectivity index (χ0n) is 21.4. The molecule has 5 aromatic carbocycles. The van der Waals surface area contributed by atoms with E-state index < -0.39 is 143 Å². The van der Waals surface area contributed by atoms with Crippen molar-refractivity contribution in [3.8, 4) is 22.3 Å². The fourth-order valence-corrected chi connectivity index (χ4v) is 5.06. The van der Waals surface area contributed by atoms with Gasteiger partial charge in [0.2, 0.25) is 0 Å². The number of hydrogen-bond acceptors (Lipinski definition) is 0. The van der Waals surface area contributed by atoms with Crippen LogP contribution in [0.1, 0.15) is 11.1 Å². The zero-order chi connectivity index (χ0) is 35.4. The maximum atomic E-state index is 15.5. The number of alkyl halides is 6. The molecule has 47 heavy (non-hydrogen) atoms. The van der Waals surface area contributed by atoms with Crippen molar-refractivity contribution in [3.05, 3.63) is 105 Å². The first-order valence-electron chi connectivity index (χ1n) is 11.8. The van der Waals surface area contributed by atoms with Crippen LogP contribution in [-0.4, -0.2) is 0 Å². The summed E-state index contributed by atoms with van der Waals surface area (Å²) in [6.45, 7) is 0. The minimum absolute atomic E-state index is 0.183. The molecule has 248 valence electrons. The Bertz CT molecular complexity index is 2130. The lowest BCUT2D eigenvalue weighted by molar-refractivity contribution is -0.144. The van der Waals surface area contributed by atoms with Crippen molar-refractivity contribution in [1.82, 2.24) is 0 Å². The van der Waals surface area contributed by atoms with Gasteiger partial charge in [0.15, 0.2) is 69.8 Å². The van der Waals surface area contributed by atoms with Gasteiger partial charge in [-0.15, -0.1) is 0 Å². The second-order valence-electron chi connectivity index (χ2n) is 9.43. The highest BCUT2D eigenvalue weighted by Gasteiger charge is 2.45. The summed E-state index contributed by atoms with van der Waals surface area (Å²) in [6, 6.07) is 0.870. The molecule has 0 nitrogen and oxygen atoms in total. The average molecular weight is 700 g/mol. The van der Waals surface area contributed by atoms with Gasteiger partial charge in [-0.1, -0.05) is 12.1 Å². The van der Waals surface area contributed by atoms with Crippen LogP contribution < -0.4 is 0 Å². The molecule has 0 radical (unpaired) electrons. The average Bonchev–Trinajstić information content (AvgIpc) is 2.96. The van der Waals surface area contributed by atoms with Gasteiger partial charge in [-0.3, -0.25) is 0 Å². The normalized spacial score (nSPS) is 12.6. The standard InChI is InChI=1S/C28H3F19/c29-5-3-1-2-4-6(5)8(12-19(34)23(38)14(28(45,46)47)24(39)20(12)35)10-9(15(30)25(40)26(41)16(10)31)7(4)11-17(32)21(36)13(27(42,43)44)22(37)18(11)33/h1-3H. The highest BCUT2D eigenvalue weighted by atomic mass is 19.4. The molecule has 0 aliphatic rings. The SMILES string of the molecule is Fc1c(F)c(C(F)(F)F)c(F)c(F)c1-c1c2cccc(F)c2c(-c2c(F)c(F)c(C(F)(F)F)c(F)c2F)c2c(F)c(F)c(F)c(F)c12. The Hall–Kier alpha value is -4.71. The Morgan fingerprint density at radius 2 is 0.660 bits per heavy atom. The minimum atomic E-state index is -6.20. The van der Waals surface area contributed by atoms with E-state index in [0.29, 0.717) is 6.07 Å². The van der Waals surface area contributed by atoms with E-state index in [1.165, 1.54) is 0 Å². The van der Waals surface area contributed by atoms with Crippen molar-refractivity contribution in [2.24, 2.45) is 0 Å². The Balaban J connectivity index is 2.20. The maximum Gasteiger partial charge on any atom is 0.422 e. The van der Waals surface area contributed by atoms with Crippen molar-refractivity contribution >= 4 is 21.5 Å². The van der Waals surface area contributed by atoms with Crippen LogP contribution in [0.3, 0.4) is 0 Å². The molecule has 0 amide bonds. The number of rotatable bonds is 2. The Morgan fingerprint density at radius 1 is 0.319 bits per heavy atom. The zero-order valence-corrected chi connectivity index (χ0v) is 21.4. The van der Waals surface area contributed by atoms with Gasteiger partial charge in [0.1, 0.15) is 16.9 Å². The molecule has 0 aliphatic heterocycles. The molecule has 0 saturated carbocycles. The van der Waals surface area contributed by atoms with Crippen LogP contribution in [0.25, 0.3) is 43.8 Å². The number of fused-ring (bicyclic) bond motifs is 2. The van der Waals surface area contributed by atoms with Gasteiger partial charge in [-0.05, 0) is 11.5 Å². The van der Waals surface area contributed by atoms with E-state index >= 15 is 30.7 Å². The lowest BCUT2D eigenvalue weighted by Crippen LogP contribution is -2.17. The summed E-state index contributed by atoms with van der Waals surface area (Å²) in [7, 11) is 0. The number of hydrogen-bond donors (Lipinski definition) is 0. The molecule has 0 aromatic heterocycles. The fraction of sp³-hybridized carbons (Fsp3) is 0.0714.